The molecular weight excluding hydrogens is 248 g/mol. The van der Waals surface area contributed by atoms with E-state index in [1.54, 1.807) is 0 Å². The molecule has 0 radical (unpaired) electrons. The third kappa shape index (κ3) is 2.20. The average molecular weight is 270 g/mol. The van der Waals surface area contributed by atoms with E-state index >= 15 is 0 Å². The summed E-state index contributed by atoms with van der Waals surface area (Å²) in [6, 6.07) is 6.86. The molecule has 0 amide bonds. The van der Waals surface area contributed by atoms with Crippen LogP contribution in [-0.4, -0.2) is 42.6 Å². The molecule has 2 heterocycles. The van der Waals surface area contributed by atoms with Crippen molar-refractivity contribution in [1.82, 2.24) is 9.88 Å². The lowest BCUT2D eigenvalue weighted by Gasteiger charge is -2.39. The highest BCUT2D eigenvalue weighted by Crippen LogP contribution is 2.32. The molecule has 0 spiro atoms. The number of piperazine rings is 1. The minimum atomic E-state index is 0.569. The fourth-order valence-corrected chi connectivity index (χ4v) is 2.89. The monoisotopic (exact) mass is 270 g/mol. The number of hydrogen-bond acceptors (Lipinski definition) is 4. The molecule has 3 rings (SSSR count). The van der Waals surface area contributed by atoms with E-state index in [2.05, 4.69) is 40.9 Å². The van der Waals surface area contributed by atoms with Crippen molar-refractivity contribution in [3.05, 3.63) is 30.1 Å². The fraction of sp³-hybridized carbons (Fsp3) is 0.438. The maximum absolute atomic E-state index is 6.09. The Hall–Kier alpha value is -1.81. The average Bonchev–Trinajstić information content (AvgIpc) is 2.42. The minimum absolute atomic E-state index is 0.569. The van der Waals surface area contributed by atoms with Crippen molar-refractivity contribution in [1.29, 1.82) is 0 Å². The lowest BCUT2D eigenvalue weighted by Crippen LogP contribution is -2.50. The zero-order chi connectivity index (χ0) is 14.3. The molecule has 4 heteroatoms. The van der Waals surface area contributed by atoms with Gasteiger partial charge < -0.3 is 15.5 Å². The molecule has 2 N–H and O–H groups in total. The Morgan fingerprint density at radius 3 is 2.80 bits per heavy atom. The van der Waals surface area contributed by atoms with Crippen molar-refractivity contribution in [2.24, 2.45) is 0 Å². The Kier molecular flexibility index (Phi) is 3.26. The van der Waals surface area contributed by atoms with E-state index in [0.29, 0.717) is 6.04 Å². The van der Waals surface area contributed by atoms with Gasteiger partial charge in [0.25, 0.3) is 0 Å². The van der Waals surface area contributed by atoms with Crippen LogP contribution in [0.3, 0.4) is 0 Å². The molecule has 1 aromatic carbocycles. The first-order valence-corrected chi connectivity index (χ1v) is 7.16. The van der Waals surface area contributed by atoms with Gasteiger partial charge in [-0.05, 0) is 39.1 Å². The summed E-state index contributed by atoms with van der Waals surface area (Å²) in [7, 11) is 2.19. The first-order valence-electron chi connectivity index (χ1n) is 7.16. The minimum Gasteiger partial charge on any atom is -0.398 e. The third-order valence-electron chi connectivity index (χ3n) is 4.35. The van der Waals surface area contributed by atoms with Gasteiger partial charge in [0.15, 0.2) is 0 Å². The highest BCUT2D eigenvalue weighted by molar-refractivity contribution is 6.01. The SMILES string of the molecule is Cc1cc2c(N3CCN(C)C(C)C3)ccc(N)c2cn1. The zero-order valence-electron chi connectivity index (χ0n) is 12.4. The van der Waals surface area contributed by atoms with Crippen molar-refractivity contribution in [2.75, 3.05) is 37.3 Å². The van der Waals surface area contributed by atoms with Crippen molar-refractivity contribution in [3.8, 4) is 0 Å². The van der Waals surface area contributed by atoms with Crippen LogP contribution in [0.4, 0.5) is 11.4 Å². The van der Waals surface area contributed by atoms with Gasteiger partial charge in [-0.1, -0.05) is 0 Å². The lowest BCUT2D eigenvalue weighted by molar-refractivity contribution is 0.234. The maximum atomic E-state index is 6.09. The van der Waals surface area contributed by atoms with Gasteiger partial charge in [-0.3, -0.25) is 4.98 Å². The Bertz CT molecular complexity index is 638. The van der Waals surface area contributed by atoms with Crippen LogP contribution < -0.4 is 10.6 Å². The number of aromatic nitrogens is 1. The van der Waals surface area contributed by atoms with E-state index < -0.39 is 0 Å². The molecule has 106 valence electrons. The van der Waals surface area contributed by atoms with Crippen molar-refractivity contribution in [2.45, 2.75) is 19.9 Å². The number of nitrogen functional groups attached to an aromatic ring is 1. The largest absolute Gasteiger partial charge is 0.398 e. The summed E-state index contributed by atoms with van der Waals surface area (Å²) in [6.45, 7) is 7.51. The predicted octanol–water partition coefficient (Wildman–Crippen LogP) is 2.27. The molecule has 1 fully saturated rings. The molecule has 1 aromatic heterocycles. The number of nitrogens with zero attached hydrogens (tertiary/aromatic N) is 3. The number of pyridine rings is 1. The predicted molar refractivity (Wildman–Crippen MR) is 85.2 cm³/mol. The maximum Gasteiger partial charge on any atom is 0.0449 e. The first-order chi connectivity index (χ1) is 9.56. The second-order valence-corrected chi connectivity index (χ2v) is 5.82. The molecule has 0 bridgehead atoms. The van der Waals surface area contributed by atoms with E-state index in [1.807, 2.05) is 19.2 Å². The molecule has 1 atom stereocenters. The van der Waals surface area contributed by atoms with Gasteiger partial charge in [0, 0.05) is 59.7 Å². The zero-order valence-corrected chi connectivity index (χ0v) is 12.4. The molecule has 1 saturated heterocycles. The Balaban J connectivity index is 2.07. The summed E-state index contributed by atoms with van der Waals surface area (Å²) in [4.78, 5) is 9.24. The quantitative estimate of drug-likeness (QED) is 0.807. The van der Waals surface area contributed by atoms with E-state index in [1.165, 1.54) is 11.1 Å². The highest BCUT2D eigenvalue weighted by Gasteiger charge is 2.22. The number of anilines is 2. The number of rotatable bonds is 1. The van der Waals surface area contributed by atoms with Crippen LogP contribution in [-0.2, 0) is 0 Å². The number of likely N-dealkylation sites (N-methyl/N-ethyl adjacent to an activating group) is 1. The standard InChI is InChI=1S/C16H22N4/c1-11-8-13-14(9-18-11)15(17)4-5-16(13)20-7-6-19(3)12(2)10-20/h4-5,8-9,12H,6-7,10,17H2,1-3H3. The molecule has 1 unspecified atom stereocenters. The lowest BCUT2D eigenvalue weighted by atomic mass is 10.1. The smallest absolute Gasteiger partial charge is 0.0449 e. The van der Waals surface area contributed by atoms with Gasteiger partial charge in [0.2, 0.25) is 0 Å². The fourth-order valence-electron chi connectivity index (χ4n) is 2.89. The van der Waals surface area contributed by atoms with Gasteiger partial charge in [-0.15, -0.1) is 0 Å². The van der Waals surface area contributed by atoms with E-state index in [0.717, 1.165) is 36.4 Å². The van der Waals surface area contributed by atoms with Gasteiger partial charge >= 0.3 is 0 Å². The summed E-state index contributed by atoms with van der Waals surface area (Å²) >= 11 is 0. The van der Waals surface area contributed by atoms with Crippen molar-refractivity contribution < 1.29 is 0 Å². The van der Waals surface area contributed by atoms with Crippen molar-refractivity contribution >= 4 is 22.1 Å². The van der Waals surface area contributed by atoms with Crippen LogP contribution in [0.15, 0.2) is 24.4 Å². The number of hydrogen-bond donors (Lipinski definition) is 1. The molecule has 1 aliphatic heterocycles. The Labute approximate surface area is 120 Å². The van der Waals surface area contributed by atoms with E-state index in [9.17, 15) is 0 Å². The van der Waals surface area contributed by atoms with Gasteiger partial charge in [0.05, 0.1) is 0 Å². The summed E-state index contributed by atoms with van der Waals surface area (Å²) in [5.41, 5.74) is 9.20. The van der Waals surface area contributed by atoms with Crippen LogP contribution in [0, 0.1) is 6.92 Å². The molecule has 4 nitrogen and oxygen atoms in total. The summed E-state index contributed by atoms with van der Waals surface area (Å²) < 4.78 is 0. The second kappa shape index (κ2) is 4.94. The van der Waals surface area contributed by atoms with Gasteiger partial charge in [-0.25, -0.2) is 0 Å². The van der Waals surface area contributed by atoms with Crippen LogP contribution in [0.1, 0.15) is 12.6 Å². The first kappa shape index (κ1) is 13.2. The number of nitrogens with two attached hydrogens (primary N) is 1. The molecule has 0 saturated carbocycles. The number of aryl methyl sites for hydroxylation is 1. The second-order valence-electron chi connectivity index (χ2n) is 5.82. The number of benzene rings is 1. The van der Waals surface area contributed by atoms with E-state index in [-0.39, 0.29) is 0 Å². The molecule has 0 aliphatic carbocycles. The third-order valence-corrected chi connectivity index (χ3v) is 4.35. The van der Waals surface area contributed by atoms with Crippen LogP contribution in [0.5, 0.6) is 0 Å². The van der Waals surface area contributed by atoms with Crippen LogP contribution in [0.2, 0.25) is 0 Å². The molecular formula is C16H22N4. The molecule has 20 heavy (non-hydrogen) atoms. The Morgan fingerprint density at radius 1 is 1.25 bits per heavy atom. The molecule has 2 aromatic rings. The summed E-state index contributed by atoms with van der Waals surface area (Å²) in [6.07, 6.45) is 1.89. The number of fused-ring (bicyclic) bond motifs is 1. The summed E-state index contributed by atoms with van der Waals surface area (Å²) in [5, 5.41) is 2.27. The van der Waals surface area contributed by atoms with Crippen LogP contribution >= 0.6 is 0 Å². The normalized spacial score (nSPS) is 20.6. The highest BCUT2D eigenvalue weighted by atomic mass is 15.3. The van der Waals surface area contributed by atoms with E-state index in [4.69, 9.17) is 5.73 Å². The summed E-state index contributed by atoms with van der Waals surface area (Å²) in [5.74, 6) is 0. The van der Waals surface area contributed by atoms with Gasteiger partial charge in [0.1, 0.15) is 0 Å². The molecule has 1 aliphatic rings. The Morgan fingerprint density at radius 2 is 2.05 bits per heavy atom. The topological polar surface area (TPSA) is 45.4 Å². The van der Waals surface area contributed by atoms with Gasteiger partial charge in [-0.2, -0.15) is 0 Å². The van der Waals surface area contributed by atoms with Crippen molar-refractivity contribution in [3.63, 3.8) is 0 Å². The van der Waals surface area contributed by atoms with Crippen LogP contribution in [0.25, 0.3) is 10.8 Å².